The van der Waals surface area contributed by atoms with Gasteiger partial charge in [0.1, 0.15) is 4.99 Å². The fourth-order valence-corrected chi connectivity index (χ4v) is 4.14. The largest absolute Gasteiger partial charge is 0.389 e. The van der Waals surface area contributed by atoms with E-state index in [0.717, 1.165) is 58.1 Å². The van der Waals surface area contributed by atoms with E-state index in [9.17, 15) is 13.2 Å². The standard InChI is InChI=1S/C24H24F3N5S/c25-24(26,27)10-3-11-32-15-21(17-5-2-6-18(13-17)23(28)33)20-9-8-16(12-22(20)32)4-1-7-19-14-29-31-30-19/h2,5-6,8-9,12-15H,1,3-4,7,10-11H2,(H2,28,33)(H,29,30,31). The van der Waals surface area contributed by atoms with E-state index in [2.05, 4.69) is 27.5 Å². The van der Waals surface area contributed by atoms with Crippen molar-refractivity contribution in [1.82, 2.24) is 20.0 Å². The third-order valence-corrected chi connectivity index (χ3v) is 5.86. The number of fused-ring (bicyclic) bond motifs is 1. The summed E-state index contributed by atoms with van der Waals surface area (Å²) >= 11 is 5.11. The molecule has 4 aromatic rings. The van der Waals surface area contributed by atoms with Gasteiger partial charge in [-0.3, -0.25) is 0 Å². The highest BCUT2D eigenvalue weighted by atomic mass is 32.1. The zero-order valence-electron chi connectivity index (χ0n) is 17.9. The normalized spacial score (nSPS) is 11.8. The Morgan fingerprint density at radius 2 is 1.94 bits per heavy atom. The van der Waals surface area contributed by atoms with Crippen LogP contribution in [-0.2, 0) is 19.4 Å². The highest BCUT2D eigenvalue weighted by Gasteiger charge is 2.26. The molecule has 9 heteroatoms. The summed E-state index contributed by atoms with van der Waals surface area (Å²) < 4.78 is 40.1. The van der Waals surface area contributed by atoms with E-state index in [0.29, 0.717) is 4.99 Å². The molecule has 3 N–H and O–H groups in total. The number of aromatic amines is 1. The third kappa shape index (κ3) is 5.78. The summed E-state index contributed by atoms with van der Waals surface area (Å²) in [4.78, 5) is 0.306. The van der Waals surface area contributed by atoms with Gasteiger partial charge in [0, 0.05) is 41.2 Å². The average Bonchev–Trinajstić information content (AvgIpc) is 3.41. The first kappa shape index (κ1) is 23.0. The van der Waals surface area contributed by atoms with Gasteiger partial charge in [-0.2, -0.15) is 28.6 Å². The molecule has 5 nitrogen and oxygen atoms in total. The molecule has 0 radical (unpaired) electrons. The summed E-state index contributed by atoms with van der Waals surface area (Å²) in [6.45, 7) is 0.285. The molecule has 172 valence electrons. The van der Waals surface area contributed by atoms with Crippen LogP contribution in [0.3, 0.4) is 0 Å². The van der Waals surface area contributed by atoms with Crippen LogP contribution in [0.1, 0.15) is 36.1 Å². The van der Waals surface area contributed by atoms with Crippen LogP contribution < -0.4 is 5.73 Å². The maximum Gasteiger partial charge on any atom is 0.389 e. The fraction of sp³-hybridized carbons (Fsp3) is 0.292. The summed E-state index contributed by atoms with van der Waals surface area (Å²) in [5.41, 5.74) is 11.4. The molecule has 0 aliphatic carbocycles. The molecule has 0 spiro atoms. The van der Waals surface area contributed by atoms with Crippen LogP contribution in [0.2, 0.25) is 0 Å². The minimum absolute atomic E-state index is 0.0238. The highest BCUT2D eigenvalue weighted by molar-refractivity contribution is 7.80. The zero-order valence-corrected chi connectivity index (χ0v) is 18.7. The number of benzene rings is 2. The number of hydrogen-bond acceptors (Lipinski definition) is 3. The van der Waals surface area contributed by atoms with Gasteiger partial charge in [-0.1, -0.05) is 42.5 Å². The summed E-state index contributed by atoms with van der Waals surface area (Å²) in [6.07, 6.45) is 1.23. The van der Waals surface area contributed by atoms with Gasteiger partial charge in [-0.05, 0) is 48.9 Å². The van der Waals surface area contributed by atoms with E-state index in [1.54, 1.807) is 6.20 Å². The van der Waals surface area contributed by atoms with Gasteiger partial charge in [0.05, 0.1) is 11.9 Å². The maximum atomic E-state index is 12.7. The molecule has 0 aliphatic heterocycles. The Morgan fingerprint density at radius 3 is 2.67 bits per heavy atom. The lowest BCUT2D eigenvalue weighted by Gasteiger charge is -2.09. The number of alkyl halides is 3. The predicted molar refractivity (Wildman–Crippen MR) is 127 cm³/mol. The second-order valence-electron chi connectivity index (χ2n) is 8.07. The lowest BCUT2D eigenvalue weighted by Crippen LogP contribution is -2.09. The first-order valence-electron chi connectivity index (χ1n) is 10.7. The van der Waals surface area contributed by atoms with E-state index in [-0.39, 0.29) is 13.0 Å². The van der Waals surface area contributed by atoms with Gasteiger partial charge in [0.25, 0.3) is 0 Å². The van der Waals surface area contributed by atoms with Crippen LogP contribution in [0, 0.1) is 0 Å². The van der Waals surface area contributed by atoms with Crippen molar-refractivity contribution in [1.29, 1.82) is 0 Å². The molecule has 33 heavy (non-hydrogen) atoms. The molecule has 4 rings (SSSR count). The number of H-pyrrole nitrogens is 1. The number of hydrogen-bond donors (Lipinski definition) is 2. The number of aryl methyl sites for hydroxylation is 3. The van der Waals surface area contributed by atoms with Crippen molar-refractivity contribution in [3.63, 3.8) is 0 Å². The maximum absolute atomic E-state index is 12.7. The molecule has 0 saturated heterocycles. The van der Waals surface area contributed by atoms with Crippen LogP contribution in [0.5, 0.6) is 0 Å². The second-order valence-corrected chi connectivity index (χ2v) is 8.51. The third-order valence-electron chi connectivity index (χ3n) is 5.63. The van der Waals surface area contributed by atoms with Crippen molar-refractivity contribution >= 4 is 28.1 Å². The lowest BCUT2D eigenvalue weighted by molar-refractivity contribution is -0.135. The van der Waals surface area contributed by atoms with Crippen LogP contribution >= 0.6 is 12.2 Å². The Hall–Kier alpha value is -3.20. The van der Waals surface area contributed by atoms with E-state index < -0.39 is 12.6 Å². The van der Waals surface area contributed by atoms with Gasteiger partial charge in [-0.25, -0.2) is 0 Å². The smallest absolute Gasteiger partial charge is 0.389 e. The Labute approximate surface area is 194 Å². The summed E-state index contributed by atoms with van der Waals surface area (Å²) in [5.74, 6) is 0. The van der Waals surface area contributed by atoms with E-state index in [1.807, 2.05) is 41.1 Å². The van der Waals surface area contributed by atoms with Crippen LogP contribution in [0.15, 0.2) is 54.9 Å². The SMILES string of the molecule is NC(=S)c1cccc(-c2cn(CCCC(F)(F)F)c3cc(CCCc4cn[nH]n4)ccc23)c1. The van der Waals surface area contributed by atoms with Crippen LogP contribution in [-0.4, -0.2) is 31.1 Å². The molecule has 2 aromatic carbocycles. The van der Waals surface area contributed by atoms with Crippen molar-refractivity contribution < 1.29 is 13.2 Å². The van der Waals surface area contributed by atoms with E-state index >= 15 is 0 Å². The van der Waals surface area contributed by atoms with Crippen molar-refractivity contribution in [2.45, 2.75) is 44.8 Å². The molecular weight excluding hydrogens is 447 g/mol. The van der Waals surface area contributed by atoms with Gasteiger partial charge in [0.2, 0.25) is 0 Å². The summed E-state index contributed by atoms with van der Waals surface area (Å²) in [7, 11) is 0. The number of rotatable bonds is 9. The minimum Gasteiger partial charge on any atom is -0.389 e. The average molecular weight is 472 g/mol. The molecule has 0 unspecified atom stereocenters. The first-order valence-corrected chi connectivity index (χ1v) is 11.1. The number of halogens is 3. The molecule has 2 heterocycles. The summed E-state index contributed by atoms with van der Waals surface area (Å²) in [5, 5.41) is 11.5. The topological polar surface area (TPSA) is 72.5 Å². The Bertz CT molecular complexity index is 1240. The molecule has 0 fully saturated rings. The molecule has 0 amide bonds. The van der Waals surface area contributed by atoms with Crippen molar-refractivity contribution in [2.24, 2.45) is 5.73 Å². The monoisotopic (exact) mass is 471 g/mol. The van der Waals surface area contributed by atoms with Crippen molar-refractivity contribution in [3.05, 3.63) is 71.7 Å². The van der Waals surface area contributed by atoms with Gasteiger partial charge in [-0.15, -0.1) is 0 Å². The first-order chi connectivity index (χ1) is 15.8. The number of thiocarbonyl (C=S) groups is 1. The van der Waals surface area contributed by atoms with Crippen molar-refractivity contribution in [3.8, 4) is 11.1 Å². The molecule has 0 aliphatic rings. The Kier molecular flexibility index (Phi) is 6.78. The second kappa shape index (κ2) is 9.74. The van der Waals surface area contributed by atoms with Gasteiger partial charge >= 0.3 is 6.18 Å². The van der Waals surface area contributed by atoms with Gasteiger partial charge in [0.15, 0.2) is 0 Å². The van der Waals surface area contributed by atoms with Crippen LogP contribution in [0.4, 0.5) is 13.2 Å². The lowest BCUT2D eigenvalue weighted by atomic mass is 10.0. The number of aromatic nitrogens is 4. The number of nitrogens with two attached hydrogens (primary N) is 1. The molecule has 0 atom stereocenters. The van der Waals surface area contributed by atoms with E-state index in [1.165, 1.54) is 0 Å². The van der Waals surface area contributed by atoms with Crippen LogP contribution in [0.25, 0.3) is 22.0 Å². The van der Waals surface area contributed by atoms with E-state index in [4.69, 9.17) is 18.0 Å². The molecule has 0 bridgehead atoms. The minimum atomic E-state index is -4.16. The molecule has 0 saturated carbocycles. The molecule has 2 aromatic heterocycles. The summed E-state index contributed by atoms with van der Waals surface area (Å²) in [6, 6.07) is 13.8. The zero-order chi connectivity index (χ0) is 23.4. The van der Waals surface area contributed by atoms with Crippen molar-refractivity contribution in [2.75, 3.05) is 0 Å². The highest BCUT2D eigenvalue weighted by Crippen LogP contribution is 2.33. The quantitative estimate of drug-likeness (QED) is 0.313. The number of nitrogens with zero attached hydrogens (tertiary/aromatic N) is 3. The predicted octanol–water partition coefficient (Wildman–Crippen LogP) is 5.58. The molecular formula is C24H24F3N5S. The fourth-order valence-electron chi connectivity index (χ4n) is 4.02. The van der Waals surface area contributed by atoms with Gasteiger partial charge < -0.3 is 10.3 Å². The Morgan fingerprint density at radius 1 is 1.09 bits per heavy atom. The Balaban J connectivity index is 1.64. The number of nitrogens with one attached hydrogen (secondary N) is 1.